The molecule has 0 aliphatic heterocycles. The second kappa shape index (κ2) is 11.6. The summed E-state index contributed by atoms with van der Waals surface area (Å²) in [6, 6.07) is 25.9. The van der Waals surface area contributed by atoms with Gasteiger partial charge in [-0.25, -0.2) is 18.1 Å². The number of nitrogens with zero attached hydrogens (tertiary/aromatic N) is 1. The lowest BCUT2D eigenvalue weighted by Gasteiger charge is -2.22. The number of benzene rings is 3. The van der Waals surface area contributed by atoms with E-state index < -0.39 is 15.9 Å². The molecule has 7 nitrogen and oxygen atoms in total. The number of hydrogen-bond donors (Lipinski definition) is 1. The largest absolute Gasteiger partial charge is 0.487 e. The van der Waals surface area contributed by atoms with Gasteiger partial charge >= 0.3 is 5.97 Å². The second-order valence-corrected chi connectivity index (χ2v) is 11.8. The summed E-state index contributed by atoms with van der Waals surface area (Å²) in [5.74, 6) is -0.180. The molecule has 4 aromatic rings. The summed E-state index contributed by atoms with van der Waals surface area (Å²) in [4.78, 5) is 17.7. The number of aromatic nitrogens is 1. The molecule has 3 atom stereocenters. The first-order valence-corrected chi connectivity index (χ1v) is 14.5. The van der Waals surface area contributed by atoms with Crippen LogP contribution in [-0.2, 0) is 26.2 Å². The van der Waals surface area contributed by atoms with Crippen LogP contribution < -0.4 is 9.46 Å². The monoisotopic (exact) mass is 544 g/mol. The van der Waals surface area contributed by atoms with Gasteiger partial charge in [-0.2, -0.15) is 0 Å². The van der Waals surface area contributed by atoms with E-state index in [0.29, 0.717) is 31.6 Å². The number of aryl methyl sites for hydroxylation is 1. The molecule has 1 heterocycles. The van der Waals surface area contributed by atoms with Crippen LogP contribution in [0.5, 0.6) is 5.75 Å². The summed E-state index contributed by atoms with van der Waals surface area (Å²) in [5.41, 5.74) is 3.57. The van der Waals surface area contributed by atoms with Gasteiger partial charge in [0.05, 0.1) is 29.1 Å². The maximum absolute atomic E-state index is 12.9. The van der Waals surface area contributed by atoms with Gasteiger partial charge in [-0.05, 0) is 74.1 Å². The first-order chi connectivity index (χ1) is 18.8. The zero-order chi connectivity index (χ0) is 27.4. The van der Waals surface area contributed by atoms with Gasteiger partial charge in [0, 0.05) is 11.4 Å². The van der Waals surface area contributed by atoms with Crippen molar-refractivity contribution in [1.82, 2.24) is 9.71 Å². The van der Waals surface area contributed by atoms with E-state index in [4.69, 9.17) is 9.47 Å². The highest BCUT2D eigenvalue weighted by Crippen LogP contribution is 2.39. The Morgan fingerprint density at radius 2 is 1.72 bits per heavy atom. The number of ether oxygens (including phenoxy) is 2. The topological polar surface area (TPSA) is 94.6 Å². The zero-order valence-corrected chi connectivity index (χ0v) is 22.9. The highest BCUT2D eigenvalue weighted by atomic mass is 32.2. The first-order valence-electron chi connectivity index (χ1n) is 13.1. The lowest BCUT2D eigenvalue weighted by Crippen LogP contribution is -2.33. The number of hydrogen-bond acceptors (Lipinski definition) is 6. The molecule has 39 heavy (non-hydrogen) atoms. The molecular formula is C31H32N2O5S. The van der Waals surface area contributed by atoms with Crippen molar-refractivity contribution < 1.29 is 22.7 Å². The van der Waals surface area contributed by atoms with Gasteiger partial charge in [0.1, 0.15) is 12.4 Å². The van der Waals surface area contributed by atoms with Crippen molar-refractivity contribution in [1.29, 1.82) is 0 Å². The Morgan fingerprint density at radius 1 is 0.974 bits per heavy atom. The fourth-order valence-corrected chi connectivity index (χ4v) is 6.56. The maximum Gasteiger partial charge on any atom is 0.313 e. The number of nitrogens with one attached hydrogen (secondary N) is 1. The van der Waals surface area contributed by atoms with Gasteiger partial charge in [0.15, 0.2) is 0 Å². The van der Waals surface area contributed by atoms with E-state index in [1.807, 2.05) is 67.6 Å². The minimum absolute atomic E-state index is 0.0447. The van der Waals surface area contributed by atoms with Crippen molar-refractivity contribution in [3.05, 3.63) is 102 Å². The normalized spacial score (nSPS) is 18.1. The number of sulfonamides is 1. The highest BCUT2D eigenvalue weighted by molar-refractivity contribution is 7.89. The van der Waals surface area contributed by atoms with Gasteiger partial charge in [-0.15, -0.1) is 0 Å². The predicted molar refractivity (Wildman–Crippen MR) is 150 cm³/mol. The average molecular weight is 545 g/mol. The van der Waals surface area contributed by atoms with E-state index >= 15 is 0 Å². The van der Waals surface area contributed by atoms with Crippen LogP contribution in [-0.4, -0.2) is 32.5 Å². The summed E-state index contributed by atoms with van der Waals surface area (Å²) in [6.07, 6.45) is 1.92. The Hall–Kier alpha value is -3.75. The Balaban J connectivity index is 1.24. The van der Waals surface area contributed by atoms with Crippen molar-refractivity contribution in [3.8, 4) is 5.75 Å². The summed E-state index contributed by atoms with van der Waals surface area (Å²) >= 11 is 0. The fraction of sp³-hybridized carbons (Fsp3) is 0.290. The van der Waals surface area contributed by atoms with Crippen molar-refractivity contribution in [3.63, 3.8) is 0 Å². The molecule has 1 aliphatic carbocycles. The molecule has 1 fully saturated rings. The van der Waals surface area contributed by atoms with Gasteiger partial charge < -0.3 is 9.47 Å². The summed E-state index contributed by atoms with van der Waals surface area (Å²) in [7, 11) is -2.25. The quantitative estimate of drug-likeness (QED) is 0.279. The van der Waals surface area contributed by atoms with E-state index in [9.17, 15) is 13.2 Å². The Labute approximate surface area is 229 Å². The van der Waals surface area contributed by atoms with E-state index in [1.54, 1.807) is 24.3 Å². The van der Waals surface area contributed by atoms with E-state index in [2.05, 4.69) is 9.71 Å². The number of fused-ring (bicyclic) bond motifs is 1. The molecule has 0 spiro atoms. The van der Waals surface area contributed by atoms with E-state index in [0.717, 1.165) is 27.7 Å². The lowest BCUT2D eigenvalue weighted by atomic mass is 9.84. The fourth-order valence-electron chi connectivity index (χ4n) is 5.28. The molecular weight excluding hydrogens is 512 g/mol. The lowest BCUT2D eigenvalue weighted by molar-refractivity contribution is -0.143. The third-order valence-corrected chi connectivity index (χ3v) is 8.87. The Kier molecular flexibility index (Phi) is 7.95. The molecule has 0 bridgehead atoms. The maximum atomic E-state index is 12.9. The smallest absolute Gasteiger partial charge is 0.313 e. The van der Waals surface area contributed by atoms with Crippen LogP contribution in [0.1, 0.15) is 42.0 Å². The molecule has 0 radical (unpaired) electrons. The van der Waals surface area contributed by atoms with Crippen molar-refractivity contribution in [2.75, 3.05) is 7.11 Å². The molecule has 0 amide bonds. The number of methoxy groups -OCH3 is 1. The summed E-state index contributed by atoms with van der Waals surface area (Å²) < 4.78 is 39.7. The number of para-hydroxylation sites is 1. The van der Waals surface area contributed by atoms with Crippen LogP contribution in [0.25, 0.3) is 10.9 Å². The van der Waals surface area contributed by atoms with Crippen molar-refractivity contribution in [2.24, 2.45) is 5.92 Å². The SMILES string of the molecule is COC(=O)C(c1ccc(OCc2ccc3ccccc3n2)cc1)C1CCC(NS(=O)(=O)c2ccc(C)cc2)C1. The second-order valence-electron chi connectivity index (χ2n) is 10.1. The Morgan fingerprint density at radius 3 is 2.46 bits per heavy atom. The highest BCUT2D eigenvalue weighted by Gasteiger charge is 2.38. The zero-order valence-electron chi connectivity index (χ0n) is 22.0. The minimum atomic E-state index is -3.64. The van der Waals surface area contributed by atoms with E-state index in [-0.39, 0.29) is 22.8 Å². The van der Waals surface area contributed by atoms with Crippen LogP contribution >= 0.6 is 0 Å². The molecule has 3 aromatic carbocycles. The average Bonchev–Trinajstić information content (AvgIpc) is 3.39. The van der Waals surface area contributed by atoms with E-state index in [1.165, 1.54) is 7.11 Å². The van der Waals surface area contributed by atoms with Crippen LogP contribution in [0.3, 0.4) is 0 Å². The molecule has 0 saturated heterocycles. The van der Waals surface area contributed by atoms with Crippen LogP contribution in [0.4, 0.5) is 0 Å². The van der Waals surface area contributed by atoms with Gasteiger partial charge in [-0.1, -0.05) is 54.1 Å². The number of carbonyl (C=O) groups excluding carboxylic acids is 1. The third kappa shape index (κ3) is 6.29. The third-order valence-electron chi connectivity index (χ3n) is 7.33. The molecule has 202 valence electrons. The van der Waals surface area contributed by atoms with Gasteiger partial charge in [0.2, 0.25) is 10.0 Å². The molecule has 1 aromatic heterocycles. The first kappa shape index (κ1) is 26.8. The molecule has 1 saturated carbocycles. The van der Waals surface area contributed by atoms with Gasteiger partial charge in [-0.3, -0.25) is 4.79 Å². The number of esters is 1. The summed E-state index contributed by atoms with van der Waals surface area (Å²) in [6.45, 7) is 2.25. The van der Waals surface area contributed by atoms with Crippen LogP contribution in [0.15, 0.2) is 89.8 Å². The number of pyridine rings is 1. The molecule has 1 N–H and O–H groups in total. The number of carbonyl (C=O) groups is 1. The molecule has 8 heteroatoms. The van der Waals surface area contributed by atoms with Crippen LogP contribution in [0, 0.1) is 12.8 Å². The molecule has 5 rings (SSSR count). The molecule has 3 unspecified atom stereocenters. The summed E-state index contributed by atoms with van der Waals surface area (Å²) in [5, 5.41) is 1.08. The van der Waals surface area contributed by atoms with Crippen molar-refractivity contribution in [2.45, 2.75) is 49.6 Å². The minimum Gasteiger partial charge on any atom is -0.487 e. The Bertz CT molecular complexity index is 1550. The molecule has 1 aliphatic rings. The van der Waals surface area contributed by atoms with Crippen LogP contribution in [0.2, 0.25) is 0 Å². The predicted octanol–water partition coefficient (Wildman–Crippen LogP) is 5.53. The number of rotatable bonds is 9. The van der Waals surface area contributed by atoms with Gasteiger partial charge in [0.25, 0.3) is 0 Å². The standard InChI is InChI=1S/C31H32N2O5S/c1-21-7-17-28(18-8-21)39(35,36)33-25-13-10-24(19-25)30(31(34)37-2)23-11-15-27(16-12-23)38-20-26-14-9-22-5-3-4-6-29(22)32-26/h3-9,11-12,14-18,24-25,30,33H,10,13,19-20H2,1-2H3. The van der Waals surface area contributed by atoms with Crippen molar-refractivity contribution >= 4 is 26.9 Å².